The van der Waals surface area contributed by atoms with Gasteiger partial charge in [-0.15, -0.1) is 11.3 Å². The number of aryl methyl sites for hydroxylation is 2. The average Bonchev–Trinajstić information content (AvgIpc) is 3.00. The fourth-order valence-corrected chi connectivity index (χ4v) is 6.00. The Morgan fingerprint density at radius 3 is 2.86 bits per heavy atom. The molecule has 1 N–H and O–H groups in total. The molecule has 1 amide bonds. The van der Waals surface area contributed by atoms with Crippen molar-refractivity contribution in [3.05, 3.63) is 16.3 Å². The molecule has 0 aromatic carbocycles. The summed E-state index contributed by atoms with van der Waals surface area (Å²) in [5, 5.41) is 4.26. The van der Waals surface area contributed by atoms with Crippen molar-refractivity contribution in [3.8, 4) is 0 Å². The number of amides is 1. The number of thiophene rings is 1. The van der Waals surface area contributed by atoms with Crippen LogP contribution in [-0.2, 0) is 28.9 Å². The highest BCUT2D eigenvalue weighted by molar-refractivity contribution is 7.19. The average molecular weight is 416 g/mol. The van der Waals surface area contributed by atoms with Gasteiger partial charge in [0.2, 0.25) is 5.91 Å². The van der Waals surface area contributed by atoms with E-state index in [1.165, 1.54) is 28.7 Å². The van der Waals surface area contributed by atoms with E-state index in [1.807, 2.05) is 11.3 Å². The summed E-state index contributed by atoms with van der Waals surface area (Å²) in [6.45, 7) is 7.76. The third-order valence-electron chi connectivity index (χ3n) is 6.27. The van der Waals surface area contributed by atoms with Crippen LogP contribution in [0.2, 0.25) is 0 Å². The lowest BCUT2D eigenvalue weighted by Crippen LogP contribution is -2.37. The zero-order valence-electron chi connectivity index (χ0n) is 17.1. The highest BCUT2D eigenvalue weighted by atomic mass is 32.1. The number of morpholine rings is 1. The Morgan fingerprint density at radius 2 is 2.00 bits per heavy atom. The summed E-state index contributed by atoms with van der Waals surface area (Å²) in [5.41, 5.74) is 1.46. The predicted molar refractivity (Wildman–Crippen MR) is 115 cm³/mol. The minimum Gasteiger partial charge on any atom is -0.379 e. The number of fused-ring (bicyclic) bond motifs is 3. The van der Waals surface area contributed by atoms with Gasteiger partial charge in [0.05, 0.1) is 25.1 Å². The number of hydrogen-bond acceptors (Lipinski definition) is 7. The fraction of sp³-hybridized carbons (Fsp3) is 0.667. The summed E-state index contributed by atoms with van der Waals surface area (Å²) in [6, 6.07) is 0.131. The Kier molecular flexibility index (Phi) is 5.41. The molecule has 2 aromatic rings. The molecule has 0 saturated carbocycles. The van der Waals surface area contributed by atoms with Crippen LogP contribution < -0.4 is 10.2 Å². The maximum atomic E-state index is 12.1. The second-order valence-corrected chi connectivity index (χ2v) is 9.42. The van der Waals surface area contributed by atoms with Crippen molar-refractivity contribution in [1.82, 2.24) is 20.2 Å². The van der Waals surface area contributed by atoms with Crippen molar-refractivity contribution in [2.45, 2.75) is 51.6 Å². The quantitative estimate of drug-likeness (QED) is 0.828. The van der Waals surface area contributed by atoms with E-state index >= 15 is 0 Å². The molecule has 156 valence electrons. The summed E-state index contributed by atoms with van der Waals surface area (Å²) in [6.07, 6.45) is 5.29. The highest BCUT2D eigenvalue weighted by Crippen LogP contribution is 2.40. The zero-order chi connectivity index (χ0) is 19.8. The van der Waals surface area contributed by atoms with Crippen LogP contribution in [0.5, 0.6) is 0 Å². The van der Waals surface area contributed by atoms with Crippen molar-refractivity contribution < 1.29 is 9.53 Å². The molecule has 1 unspecified atom stereocenters. The van der Waals surface area contributed by atoms with Crippen molar-refractivity contribution in [2.24, 2.45) is 0 Å². The smallest absolute Gasteiger partial charge is 0.222 e. The molecule has 3 aliphatic rings. The third-order valence-corrected chi connectivity index (χ3v) is 7.46. The molecule has 1 aliphatic carbocycles. The van der Waals surface area contributed by atoms with Gasteiger partial charge in [-0.25, -0.2) is 9.97 Å². The van der Waals surface area contributed by atoms with E-state index in [2.05, 4.69) is 22.0 Å². The summed E-state index contributed by atoms with van der Waals surface area (Å²) in [4.78, 5) is 29.5. The first kappa shape index (κ1) is 19.2. The second kappa shape index (κ2) is 8.16. The number of nitrogens with one attached hydrogen (secondary N) is 1. The van der Waals surface area contributed by atoms with Gasteiger partial charge in [-0.1, -0.05) is 0 Å². The SMILES string of the molecule is CC1CC(=O)NCCN1c1nc(CN2CCOCC2)nc2sc3c(c12)CCCC3. The standard InChI is InChI=1S/C21H29N5O2S/c1-14-12-18(27)22-6-7-26(14)20-19-15-4-2-3-5-16(15)29-21(19)24-17(23-20)13-25-8-10-28-11-9-25/h14H,2-13H2,1H3,(H,22,27). The van der Waals surface area contributed by atoms with Crippen molar-refractivity contribution in [1.29, 1.82) is 0 Å². The predicted octanol–water partition coefficient (Wildman–Crippen LogP) is 2.12. The van der Waals surface area contributed by atoms with Crippen molar-refractivity contribution >= 4 is 33.3 Å². The molecule has 0 spiro atoms. The van der Waals surface area contributed by atoms with Gasteiger partial charge >= 0.3 is 0 Å². The highest BCUT2D eigenvalue weighted by Gasteiger charge is 2.28. The van der Waals surface area contributed by atoms with E-state index < -0.39 is 0 Å². The lowest BCUT2D eigenvalue weighted by molar-refractivity contribution is -0.120. The largest absolute Gasteiger partial charge is 0.379 e. The molecule has 2 aromatic heterocycles. The van der Waals surface area contributed by atoms with Gasteiger partial charge in [0.25, 0.3) is 0 Å². The van der Waals surface area contributed by atoms with E-state index in [0.29, 0.717) is 13.0 Å². The van der Waals surface area contributed by atoms with E-state index in [0.717, 1.165) is 68.7 Å². The number of ether oxygens (including phenoxy) is 1. The van der Waals surface area contributed by atoms with Gasteiger partial charge in [-0.05, 0) is 38.2 Å². The summed E-state index contributed by atoms with van der Waals surface area (Å²) >= 11 is 1.86. The van der Waals surface area contributed by atoms with Gasteiger partial charge < -0.3 is 15.0 Å². The molecular formula is C21H29N5O2S. The molecule has 7 nitrogen and oxygen atoms in total. The molecule has 0 bridgehead atoms. The number of nitrogens with zero attached hydrogens (tertiary/aromatic N) is 4. The van der Waals surface area contributed by atoms with E-state index in [1.54, 1.807) is 0 Å². The molecule has 1 atom stereocenters. The maximum absolute atomic E-state index is 12.1. The Labute approximate surface area is 175 Å². The van der Waals surface area contributed by atoms with E-state index in [-0.39, 0.29) is 11.9 Å². The van der Waals surface area contributed by atoms with Crippen LogP contribution in [0, 0.1) is 0 Å². The van der Waals surface area contributed by atoms with Crippen LogP contribution in [0.1, 0.15) is 42.5 Å². The summed E-state index contributed by atoms with van der Waals surface area (Å²) in [7, 11) is 0. The van der Waals surface area contributed by atoms with Gasteiger partial charge in [-0.3, -0.25) is 9.69 Å². The number of carbonyl (C=O) groups excluding carboxylic acids is 1. The van der Waals surface area contributed by atoms with Gasteiger partial charge in [-0.2, -0.15) is 0 Å². The lowest BCUT2D eigenvalue weighted by atomic mass is 9.96. The number of rotatable bonds is 3. The Bertz CT molecular complexity index is 908. The van der Waals surface area contributed by atoms with Crippen molar-refractivity contribution in [2.75, 3.05) is 44.3 Å². The molecule has 5 rings (SSSR count). The van der Waals surface area contributed by atoms with Crippen LogP contribution >= 0.6 is 11.3 Å². The third kappa shape index (κ3) is 3.85. The number of carbonyl (C=O) groups is 1. The van der Waals surface area contributed by atoms with Gasteiger partial charge in [0.15, 0.2) is 0 Å². The normalized spacial score (nSPS) is 23.7. The van der Waals surface area contributed by atoms with Crippen LogP contribution in [0.15, 0.2) is 0 Å². The number of hydrogen-bond donors (Lipinski definition) is 1. The Hall–Kier alpha value is -1.77. The second-order valence-electron chi connectivity index (χ2n) is 8.34. The van der Waals surface area contributed by atoms with Crippen molar-refractivity contribution in [3.63, 3.8) is 0 Å². The summed E-state index contributed by atoms with van der Waals surface area (Å²) < 4.78 is 5.49. The number of aromatic nitrogens is 2. The van der Waals surface area contributed by atoms with E-state index in [4.69, 9.17) is 14.7 Å². The molecule has 0 radical (unpaired) electrons. The molecule has 4 heterocycles. The minimum absolute atomic E-state index is 0.131. The first-order valence-corrected chi connectivity index (χ1v) is 11.7. The molecule has 8 heteroatoms. The van der Waals surface area contributed by atoms with E-state index in [9.17, 15) is 4.79 Å². The first-order valence-electron chi connectivity index (χ1n) is 10.8. The monoisotopic (exact) mass is 415 g/mol. The fourth-order valence-electron chi connectivity index (χ4n) is 4.72. The van der Waals surface area contributed by atoms with Crippen LogP contribution in [-0.4, -0.2) is 66.2 Å². The lowest BCUT2D eigenvalue weighted by Gasteiger charge is -2.30. The van der Waals surface area contributed by atoms with Crippen LogP contribution in [0.4, 0.5) is 5.82 Å². The first-order chi connectivity index (χ1) is 14.2. The zero-order valence-corrected chi connectivity index (χ0v) is 17.9. The Morgan fingerprint density at radius 1 is 1.17 bits per heavy atom. The number of anilines is 1. The minimum atomic E-state index is 0.131. The summed E-state index contributed by atoms with van der Waals surface area (Å²) in [5.74, 6) is 2.07. The maximum Gasteiger partial charge on any atom is 0.222 e. The molecular weight excluding hydrogens is 386 g/mol. The van der Waals surface area contributed by atoms with Crippen LogP contribution in [0.3, 0.4) is 0 Å². The topological polar surface area (TPSA) is 70.6 Å². The van der Waals surface area contributed by atoms with Gasteiger partial charge in [0, 0.05) is 43.5 Å². The molecule has 2 fully saturated rings. The molecule has 2 aliphatic heterocycles. The van der Waals surface area contributed by atoms with Crippen LogP contribution in [0.25, 0.3) is 10.2 Å². The Balaban J connectivity index is 1.58. The molecule has 29 heavy (non-hydrogen) atoms. The van der Waals surface area contributed by atoms with Gasteiger partial charge in [0.1, 0.15) is 16.5 Å². The molecule has 2 saturated heterocycles.